The van der Waals surface area contributed by atoms with Crippen molar-refractivity contribution < 1.29 is 14.7 Å². The van der Waals surface area contributed by atoms with Gasteiger partial charge in [0.15, 0.2) is 0 Å². The lowest BCUT2D eigenvalue weighted by molar-refractivity contribution is -0.141. The van der Waals surface area contributed by atoms with Crippen molar-refractivity contribution in [1.82, 2.24) is 14.9 Å². The molecular weight excluding hydrogens is 282 g/mol. The molecule has 0 radical (unpaired) electrons. The maximum atomic E-state index is 12.5. The number of benzene rings is 1. The first-order valence-corrected chi connectivity index (χ1v) is 6.81. The summed E-state index contributed by atoms with van der Waals surface area (Å²) in [6.45, 7) is 1.69. The van der Waals surface area contributed by atoms with Crippen LogP contribution in [0.1, 0.15) is 21.6 Å². The summed E-state index contributed by atoms with van der Waals surface area (Å²) >= 11 is 0. The number of nitrogens with zero attached hydrogens (tertiary/aromatic N) is 3. The first-order chi connectivity index (χ1) is 10.5. The van der Waals surface area contributed by atoms with Crippen molar-refractivity contribution >= 4 is 11.9 Å². The van der Waals surface area contributed by atoms with E-state index in [0.717, 1.165) is 5.56 Å². The lowest BCUT2D eigenvalue weighted by Crippen LogP contribution is -2.44. The van der Waals surface area contributed by atoms with Crippen LogP contribution in [0.3, 0.4) is 0 Å². The maximum Gasteiger partial charge on any atom is 0.326 e. The van der Waals surface area contributed by atoms with Crippen LogP contribution in [0.2, 0.25) is 0 Å². The number of hydrogen-bond donors (Lipinski definition) is 1. The Labute approximate surface area is 128 Å². The van der Waals surface area contributed by atoms with E-state index >= 15 is 0 Å². The second kappa shape index (κ2) is 6.80. The van der Waals surface area contributed by atoms with Gasteiger partial charge in [-0.05, 0) is 12.5 Å². The summed E-state index contributed by atoms with van der Waals surface area (Å²) in [7, 11) is 1.48. The number of carboxylic acids is 1. The van der Waals surface area contributed by atoms with Gasteiger partial charge in [0, 0.05) is 19.7 Å². The van der Waals surface area contributed by atoms with Crippen molar-refractivity contribution in [3.05, 3.63) is 59.7 Å². The second-order valence-electron chi connectivity index (χ2n) is 4.98. The largest absolute Gasteiger partial charge is 0.480 e. The molecule has 0 aliphatic heterocycles. The number of aliphatic carboxylic acids is 1. The van der Waals surface area contributed by atoms with E-state index in [2.05, 4.69) is 9.97 Å². The molecule has 0 aliphatic rings. The number of amides is 1. The lowest BCUT2D eigenvalue weighted by Gasteiger charge is -2.25. The summed E-state index contributed by atoms with van der Waals surface area (Å²) in [5.74, 6) is -1.45. The van der Waals surface area contributed by atoms with Gasteiger partial charge in [0.05, 0.1) is 11.3 Å². The Morgan fingerprint density at radius 3 is 2.55 bits per heavy atom. The molecule has 1 heterocycles. The Balaban J connectivity index is 2.23. The van der Waals surface area contributed by atoms with Gasteiger partial charge in [-0.3, -0.25) is 4.79 Å². The molecule has 2 rings (SSSR count). The number of aromatic nitrogens is 2. The molecule has 114 valence electrons. The molecule has 0 saturated heterocycles. The van der Waals surface area contributed by atoms with Gasteiger partial charge >= 0.3 is 5.97 Å². The predicted molar refractivity (Wildman–Crippen MR) is 80.4 cm³/mol. The van der Waals surface area contributed by atoms with Crippen molar-refractivity contribution in [1.29, 1.82) is 0 Å². The molecule has 6 nitrogen and oxygen atoms in total. The molecule has 0 spiro atoms. The number of hydrogen-bond acceptors (Lipinski definition) is 4. The highest BCUT2D eigenvalue weighted by atomic mass is 16.4. The summed E-state index contributed by atoms with van der Waals surface area (Å²) in [4.78, 5) is 33.0. The first kappa shape index (κ1) is 15.6. The van der Waals surface area contributed by atoms with Crippen LogP contribution in [-0.2, 0) is 11.2 Å². The Morgan fingerprint density at radius 1 is 1.27 bits per heavy atom. The van der Waals surface area contributed by atoms with E-state index in [0.29, 0.717) is 11.3 Å². The van der Waals surface area contributed by atoms with Gasteiger partial charge in [0.1, 0.15) is 12.4 Å². The van der Waals surface area contributed by atoms with Crippen LogP contribution < -0.4 is 0 Å². The van der Waals surface area contributed by atoms with E-state index in [1.807, 2.05) is 30.3 Å². The monoisotopic (exact) mass is 299 g/mol. The van der Waals surface area contributed by atoms with Gasteiger partial charge in [-0.1, -0.05) is 30.3 Å². The van der Waals surface area contributed by atoms with Crippen molar-refractivity contribution in [3.63, 3.8) is 0 Å². The molecule has 22 heavy (non-hydrogen) atoms. The quantitative estimate of drug-likeness (QED) is 0.905. The minimum atomic E-state index is -1.05. The predicted octanol–water partition coefficient (Wildman–Crippen LogP) is 1.55. The first-order valence-electron chi connectivity index (χ1n) is 6.81. The fourth-order valence-electron chi connectivity index (χ4n) is 2.16. The molecule has 0 aliphatic carbocycles. The third kappa shape index (κ3) is 3.46. The van der Waals surface area contributed by atoms with Crippen molar-refractivity contribution in [2.75, 3.05) is 7.05 Å². The molecule has 1 amide bonds. The average Bonchev–Trinajstić information content (AvgIpc) is 2.52. The standard InChI is InChI=1S/C16H17N3O3/c1-11-13(9-17-10-18-11)15(20)19(2)14(16(21)22)8-12-6-4-3-5-7-12/h3-7,9-10,14H,8H2,1-2H3,(H,21,22)/t14-/m0/s1. The lowest BCUT2D eigenvalue weighted by atomic mass is 10.0. The summed E-state index contributed by atoms with van der Waals surface area (Å²) in [6.07, 6.45) is 3.00. The minimum Gasteiger partial charge on any atom is -0.480 e. The van der Waals surface area contributed by atoms with Crippen molar-refractivity contribution in [2.45, 2.75) is 19.4 Å². The second-order valence-corrected chi connectivity index (χ2v) is 4.98. The van der Waals surface area contributed by atoms with Crippen LogP contribution in [0, 0.1) is 6.92 Å². The molecule has 2 aromatic rings. The van der Waals surface area contributed by atoms with Gasteiger partial charge in [0.2, 0.25) is 0 Å². The van der Waals surface area contributed by atoms with E-state index < -0.39 is 17.9 Å². The zero-order valence-electron chi connectivity index (χ0n) is 12.4. The van der Waals surface area contributed by atoms with E-state index in [9.17, 15) is 14.7 Å². The van der Waals surface area contributed by atoms with E-state index in [1.54, 1.807) is 6.92 Å². The van der Waals surface area contributed by atoms with Gasteiger partial charge < -0.3 is 10.0 Å². The van der Waals surface area contributed by atoms with Crippen LogP contribution in [-0.4, -0.2) is 44.9 Å². The average molecular weight is 299 g/mol. The number of carboxylic acid groups (broad SMARTS) is 1. The fraction of sp³-hybridized carbons (Fsp3) is 0.250. The van der Waals surface area contributed by atoms with E-state index in [-0.39, 0.29) is 6.42 Å². The third-order valence-electron chi connectivity index (χ3n) is 3.49. The molecule has 1 N–H and O–H groups in total. The highest BCUT2D eigenvalue weighted by Gasteiger charge is 2.28. The van der Waals surface area contributed by atoms with Crippen molar-refractivity contribution in [2.24, 2.45) is 0 Å². The third-order valence-corrected chi connectivity index (χ3v) is 3.49. The van der Waals surface area contributed by atoms with Gasteiger partial charge in [0.25, 0.3) is 5.91 Å². The Kier molecular flexibility index (Phi) is 4.83. The fourth-order valence-corrected chi connectivity index (χ4v) is 2.16. The number of likely N-dealkylation sites (N-methyl/N-ethyl adjacent to an activating group) is 1. The topological polar surface area (TPSA) is 83.4 Å². The highest BCUT2D eigenvalue weighted by Crippen LogP contribution is 2.13. The minimum absolute atomic E-state index is 0.241. The molecule has 1 aromatic carbocycles. The van der Waals surface area contributed by atoms with Gasteiger partial charge in [-0.2, -0.15) is 0 Å². The molecule has 0 bridgehead atoms. The molecule has 1 atom stereocenters. The van der Waals surface area contributed by atoms with E-state index in [4.69, 9.17) is 0 Å². The molecule has 6 heteroatoms. The summed E-state index contributed by atoms with van der Waals surface area (Å²) in [5.41, 5.74) is 1.69. The molecule has 0 fully saturated rings. The van der Waals surface area contributed by atoms with E-state index in [1.165, 1.54) is 24.5 Å². The number of rotatable bonds is 5. The normalized spacial score (nSPS) is 11.7. The maximum absolute atomic E-state index is 12.5. The molecule has 1 aromatic heterocycles. The Morgan fingerprint density at radius 2 is 1.95 bits per heavy atom. The van der Waals surface area contributed by atoms with Gasteiger partial charge in [-0.25, -0.2) is 14.8 Å². The van der Waals surface area contributed by atoms with Crippen molar-refractivity contribution in [3.8, 4) is 0 Å². The molecule has 0 saturated carbocycles. The summed E-state index contributed by atoms with van der Waals surface area (Å²) in [6, 6.07) is 8.26. The van der Waals surface area contributed by atoms with Crippen LogP contribution >= 0.6 is 0 Å². The van der Waals surface area contributed by atoms with Crippen LogP contribution in [0.5, 0.6) is 0 Å². The Hall–Kier alpha value is -2.76. The summed E-state index contributed by atoms with van der Waals surface area (Å²) < 4.78 is 0. The molecule has 0 unspecified atom stereocenters. The zero-order valence-corrected chi connectivity index (χ0v) is 12.4. The van der Waals surface area contributed by atoms with Crippen LogP contribution in [0.25, 0.3) is 0 Å². The zero-order chi connectivity index (χ0) is 16.1. The van der Waals surface area contributed by atoms with Crippen LogP contribution in [0.4, 0.5) is 0 Å². The summed E-state index contributed by atoms with van der Waals surface area (Å²) in [5, 5.41) is 9.44. The van der Waals surface area contributed by atoms with Gasteiger partial charge in [-0.15, -0.1) is 0 Å². The smallest absolute Gasteiger partial charge is 0.326 e. The SMILES string of the molecule is Cc1ncncc1C(=O)N(C)[C@@H](Cc1ccccc1)C(=O)O. The number of aryl methyl sites for hydroxylation is 1. The Bertz CT molecular complexity index is 673. The number of carbonyl (C=O) groups is 2. The molecular formula is C16H17N3O3. The number of carbonyl (C=O) groups excluding carboxylic acids is 1. The van der Waals surface area contributed by atoms with Crippen LogP contribution in [0.15, 0.2) is 42.9 Å². The highest BCUT2D eigenvalue weighted by molar-refractivity contribution is 5.97.